The van der Waals surface area contributed by atoms with E-state index >= 15 is 0 Å². The smallest absolute Gasteiger partial charge is 0.387 e. The van der Waals surface area contributed by atoms with Crippen LogP contribution in [0.3, 0.4) is 0 Å². The van der Waals surface area contributed by atoms with Gasteiger partial charge in [-0.25, -0.2) is 4.39 Å². The lowest BCUT2D eigenvalue weighted by molar-refractivity contribution is -0.0515. The molecule has 0 aliphatic carbocycles. The first-order valence-electron chi connectivity index (χ1n) is 9.88. The summed E-state index contributed by atoms with van der Waals surface area (Å²) in [6.45, 7) is -1.40. The van der Waals surface area contributed by atoms with Gasteiger partial charge < -0.3 is 20.1 Å². The SMILES string of the molecule is COc1cccc(C(=O)NC(C)c2ccc(NC(=O)c3ccc(F)cc3)cc2)c1OC(F)F. The van der Waals surface area contributed by atoms with Crippen molar-refractivity contribution in [3.8, 4) is 11.5 Å². The van der Waals surface area contributed by atoms with Crippen LogP contribution in [0.5, 0.6) is 11.5 Å². The van der Waals surface area contributed by atoms with Crippen LogP contribution in [0.1, 0.15) is 39.2 Å². The zero-order valence-corrected chi connectivity index (χ0v) is 17.8. The van der Waals surface area contributed by atoms with Crippen LogP contribution in [0.25, 0.3) is 0 Å². The first kappa shape index (κ1) is 23.6. The van der Waals surface area contributed by atoms with E-state index in [1.54, 1.807) is 31.2 Å². The number of carbonyl (C=O) groups is 2. The monoisotopic (exact) mass is 458 g/mol. The number of hydrogen-bond donors (Lipinski definition) is 2. The molecular weight excluding hydrogens is 437 g/mol. The minimum Gasteiger partial charge on any atom is -0.493 e. The number of benzene rings is 3. The van der Waals surface area contributed by atoms with Crippen LogP contribution in [0, 0.1) is 5.82 Å². The number of amides is 2. The number of nitrogens with one attached hydrogen (secondary N) is 2. The second-order valence-electron chi connectivity index (χ2n) is 6.99. The molecule has 2 N–H and O–H groups in total. The fourth-order valence-corrected chi connectivity index (χ4v) is 3.08. The summed E-state index contributed by atoms with van der Waals surface area (Å²) < 4.78 is 48.1. The van der Waals surface area contributed by atoms with E-state index < -0.39 is 30.3 Å². The molecule has 6 nitrogen and oxygen atoms in total. The van der Waals surface area contributed by atoms with Crippen molar-refractivity contribution in [2.45, 2.75) is 19.6 Å². The third kappa shape index (κ3) is 6.03. The van der Waals surface area contributed by atoms with Gasteiger partial charge in [0.05, 0.1) is 18.7 Å². The minimum absolute atomic E-state index is 0.0110. The first-order valence-corrected chi connectivity index (χ1v) is 9.88. The van der Waals surface area contributed by atoms with Crippen molar-refractivity contribution in [3.05, 3.63) is 89.2 Å². The lowest BCUT2D eigenvalue weighted by atomic mass is 10.1. The first-order chi connectivity index (χ1) is 15.8. The number of ether oxygens (including phenoxy) is 2. The number of para-hydroxylation sites is 1. The molecule has 0 radical (unpaired) electrons. The Hall–Kier alpha value is -4.01. The summed E-state index contributed by atoms with van der Waals surface area (Å²) in [7, 11) is 1.29. The van der Waals surface area contributed by atoms with Crippen molar-refractivity contribution in [1.82, 2.24) is 5.32 Å². The Balaban J connectivity index is 1.68. The molecule has 2 amide bonds. The van der Waals surface area contributed by atoms with Crippen molar-refractivity contribution in [2.75, 3.05) is 12.4 Å². The van der Waals surface area contributed by atoms with Gasteiger partial charge in [0.25, 0.3) is 11.8 Å². The lowest BCUT2D eigenvalue weighted by Crippen LogP contribution is -2.27. The Morgan fingerprint density at radius 3 is 2.18 bits per heavy atom. The quantitative estimate of drug-likeness (QED) is 0.488. The number of methoxy groups -OCH3 is 1. The molecule has 0 heterocycles. The molecule has 0 saturated heterocycles. The molecule has 3 aromatic carbocycles. The molecule has 3 rings (SSSR count). The maximum Gasteiger partial charge on any atom is 0.387 e. The highest BCUT2D eigenvalue weighted by Crippen LogP contribution is 2.32. The zero-order valence-electron chi connectivity index (χ0n) is 17.8. The van der Waals surface area contributed by atoms with E-state index in [0.29, 0.717) is 16.8 Å². The van der Waals surface area contributed by atoms with Crippen LogP contribution in [-0.2, 0) is 0 Å². The number of carbonyl (C=O) groups excluding carboxylic acids is 2. The molecule has 0 aliphatic heterocycles. The van der Waals surface area contributed by atoms with Crippen LogP contribution in [-0.4, -0.2) is 25.5 Å². The fraction of sp³-hybridized carbons (Fsp3) is 0.167. The van der Waals surface area contributed by atoms with E-state index in [2.05, 4.69) is 15.4 Å². The summed E-state index contributed by atoms with van der Waals surface area (Å²) in [5.74, 6) is -1.79. The Kier molecular flexibility index (Phi) is 7.55. The van der Waals surface area contributed by atoms with Gasteiger partial charge in [-0.2, -0.15) is 8.78 Å². The molecule has 0 spiro atoms. The number of halogens is 3. The van der Waals surface area contributed by atoms with Gasteiger partial charge in [0.1, 0.15) is 5.82 Å². The Bertz CT molecular complexity index is 1120. The molecular formula is C24H21F3N2O4. The minimum atomic E-state index is -3.12. The fourth-order valence-electron chi connectivity index (χ4n) is 3.08. The lowest BCUT2D eigenvalue weighted by Gasteiger charge is -2.18. The molecule has 3 aromatic rings. The highest BCUT2D eigenvalue weighted by molar-refractivity contribution is 6.04. The summed E-state index contributed by atoms with van der Waals surface area (Å²) in [5, 5.41) is 5.43. The van der Waals surface area contributed by atoms with Gasteiger partial charge in [0.15, 0.2) is 11.5 Å². The second-order valence-corrected chi connectivity index (χ2v) is 6.99. The van der Waals surface area contributed by atoms with Gasteiger partial charge in [-0.3, -0.25) is 9.59 Å². The summed E-state index contributed by atoms with van der Waals surface area (Å²) >= 11 is 0. The summed E-state index contributed by atoms with van der Waals surface area (Å²) in [6.07, 6.45) is 0. The largest absolute Gasteiger partial charge is 0.493 e. The molecule has 9 heteroatoms. The number of alkyl halides is 2. The normalized spacial score (nSPS) is 11.6. The predicted octanol–water partition coefficient (Wildman–Crippen LogP) is 5.18. The van der Waals surface area contributed by atoms with Crippen LogP contribution >= 0.6 is 0 Å². The highest BCUT2D eigenvalue weighted by Gasteiger charge is 2.21. The van der Waals surface area contributed by atoms with Crippen molar-refractivity contribution in [2.24, 2.45) is 0 Å². The Morgan fingerprint density at radius 2 is 1.58 bits per heavy atom. The van der Waals surface area contributed by atoms with E-state index in [1.165, 1.54) is 49.6 Å². The van der Waals surface area contributed by atoms with Crippen LogP contribution in [0.2, 0.25) is 0 Å². The topological polar surface area (TPSA) is 76.7 Å². The molecule has 0 bridgehead atoms. The average Bonchev–Trinajstić information content (AvgIpc) is 2.79. The van der Waals surface area contributed by atoms with Gasteiger partial charge in [-0.1, -0.05) is 18.2 Å². The Morgan fingerprint density at radius 1 is 0.909 bits per heavy atom. The van der Waals surface area contributed by atoms with Gasteiger partial charge in [-0.15, -0.1) is 0 Å². The van der Waals surface area contributed by atoms with Crippen LogP contribution in [0.15, 0.2) is 66.7 Å². The van der Waals surface area contributed by atoms with E-state index in [-0.39, 0.29) is 17.1 Å². The molecule has 1 unspecified atom stereocenters. The van der Waals surface area contributed by atoms with Gasteiger partial charge >= 0.3 is 6.61 Å². The van der Waals surface area contributed by atoms with Crippen molar-refractivity contribution in [3.63, 3.8) is 0 Å². The van der Waals surface area contributed by atoms with Crippen molar-refractivity contribution < 1.29 is 32.2 Å². The van der Waals surface area contributed by atoms with Crippen molar-refractivity contribution in [1.29, 1.82) is 0 Å². The van der Waals surface area contributed by atoms with E-state index in [4.69, 9.17) is 4.74 Å². The van der Waals surface area contributed by atoms with E-state index in [1.807, 2.05) is 0 Å². The van der Waals surface area contributed by atoms with Crippen molar-refractivity contribution >= 4 is 17.5 Å². The summed E-state index contributed by atoms with van der Waals surface area (Å²) in [4.78, 5) is 25.0. The zero-order chi connectivity index (χ0) is 24.0. The average molecular weight is 458 g/mol. The Labute approximate surface area is 188 Å². The van der Waals surface area contributed by atoms with Crippen LogP contribution in [0.4, 0.5) is 18.9 Å². The number of hydrogen-bond acceptors (Lipinski definition) is 4. The molecule has 0 fully saturated rings. The molecule has 172 valence electrons. The highest BCUT2D eigenvalue weighted by atomic mass is 19.3. The third-order valence-corrected chi connectivity index (χ3v) is 4.77. The maximum absolute atomic E-state index is 13.0. The van der Waals surface area contributed by atoms with E-state index in [9.17, 15) is 22.8 Å². The molecule has 0 aliphatic rings. The molecule has 0 aromatic heterocycles. The van der Waals surface area contributed by atoms with Gasteiger partial charge in [0, 0.05) is 11.3 Å². The van der Waals surface area contributed by atoms with E-state index in [0.717, 1.165) is 0 Å². The predicted molar refractivity (Wildman–Crippen MR) is 116 cm³/mol. The molecule has 1 atom stereocenters. The number of rotatable bonds is 8. The molecule has 33 heavy (non-hydrogen) atoms. The van der Waals surface area contributed by atoms with Crippen LogP contribution < -0.4 is 20.1 Å². The van der Waals surface area contributed by atoms with Gasteiger partial charge in [0.2, 0.25) is 0 Å². The number of anilines is 1. The maximum atomic E-state index is 13.0. The third-order valence-electron chi connectivity index (χ3n) is 4.77. The molecule has 0 saturated carbocycles. The summed E-state index contributed by atoms with van der Waals surface area (Å²) in [5.41, 5.74) is 1.43. The second kappa shape index (κ2) is 10.5. The summed E-state index contributed by atoms with van der Waals surface area (Å²) in [6, 6.07) is 15.6. The van der Waals surface area contributed by atoms with Gasteiger partial charge in [-0.05, 0) is 61.0 Å². The standard InChI is InChI=1S/C24H21F3N2O4/c1-14(28-23(31)19-4-3-5-20(32-2)21(19)33-24(26)27)15-8-12-18(13-9-15)29-22(30)16-6-10-17(25)11-7-16/h3-14,24H,1-2H3,(H,28,31)(H,29,30).